The van der Waals surface area contributed by atoms with Gasteiger partial charge in [-0.1, -0.05) is 12.1 Å². The van der Waals surface area contributed by atoms with Crippen LogP contribution in [0.1, 0.15) is 18.4 Å². The van der Waals surface area contributed by atoms with Gasteiger partial charge in [0.15, 0.2) is 5.96 Å². The van der Waals surface area contributed by atoms with Crippen LogP contribution >= 0.6 is 35.7 Å². The Labute approximate surface area is 160 Å². The molecule has 2 heterocycles. The van der Waals surface area contributed by atoms with Gasteiger partial charge in [-0.05, 0) is 13.2 Å². The predicted octanol–water partition coefficient (Wildman–Crippen LogP) is 2.05. The predicted molar refractivity (Wildman–Crippen MR) is 108 cm³/mol. The number of nitrogens with zero attached hydrogens (tertiary/aromatic N) is 4. The van der Waals surface area contributed by atoms with Crippen molar-refractivity contribution < 1.29 is 4.52 Å². The molecular weight excluding hydrogens is 425 g/mol. The standard InChI is InChI=1S/C15H27N5OS.HI/c1-12-9-14(18-21-12)11-19-5-7-20(8-6-19)15(16-3)17-10-13(2)22-4;/h9,13H,5-8,10-11H2,1-4H3,(H,16,17);1H. The maximum absolute atomic E-state index is 5.13. The minimum Gasteiger partial charge on any atom is -0.361 e. The maximum Gasteiger partial charge on any atom is 0.193 e. The molecule has 0 amide bonds. The van der Waals surface area contributed by atoms with E-state index >= 15 is 0 Å². The number of aromatic nitrogens is 1. The van der Waals surface area contributed by atoms with Crippen LogP contribution in [0, 0.1) is 6.92 Å². The molecule has 0 saturated carbocycles. The zero-order chi connectivity index (χ0) is 15.9. The number of rotatable bonds is 5. The number of hydrogen-bond donors (Lipinski definition) is 1. The van der Waals surface area contributed by atoms with E-state index in [1.165, 1.54) is 0 Å². The molecule has 6 nitrogen and oxygen atoms in total. The van der Waals surface area contributed by atoms with Crippen molar-refractivity contribution in [2.24, 2.45) is 4.99 Å². The van der Waals surface area contributed by atoms with Crippen LogP contribution in [-0.4, -0.2) is 72.2 Å². The first-order valence-corrected chi connectivity index (χ1v) is 9.04. The van der Waals surface area contributed by atoms with Crippen LogP contribution in [0.3, 0.4) is 0 Å². The van der Waals surface area contributed by atoms with Crippen molar-refractivity contribution in [1.82, 2.24) is 20.3 Å². The van der Waals surface area contributed by atoms with Crippen molar-refractivity contribution in [2.75, 3.05) is 46.0 Å². The van der Waals surface area contributed by atoms with Gasteiger partial charge in [-0.2, -0.15) is 11.8 Å². The van der Waals surface area contributed by atoms with Gasteiger partial charge in [-0.3, -0.25) is 9.89 Å². The zero-order valence-corrected chi connectivity index (χ0v) is 17.6. The molecule has 0 spiro atoms. The summed E-state index contributed by atoms with van der Waals surface area (Å²) in [5.74, 6) is 1.89. The lowest BCUT2D eigenvalue weighted by atomic mass is 10.3. The van der Waals surface area contributed by atoms with Crippen LogP contribution in [0.5, 0.6) is 0 Å². The third kappa shape index (κ3) is 6.50. The first kappa shape index (κ1) is 20.6. The third-order valence-electron chi connectivity index (χ3n) is 3.90. The van der Waals surface area contributed by atoms with Gasteiger partial charge in [0.05, 0.1) is 5.69 Å². The summed E-state index contributed by atoms with van der Waals surface area (Å²) in [4.78, 5) is 9.15. The SMILES string of the molecule is CN=C(NCC(C)SC)N1CCN(Cc2cc(C)on2)CC1.I. The zero-order valence-electron chi connectivity index (χ0n) is 14.4. The number of aliphatic imine (C=N–C) groups is 1. The summed E-state index contributed by atoms with van der Waals surface area (Å²) in [7, 11) is 1.86. The minimum absolute atomic E-state index is 0. The Morgan fingerprint density at radius 2 is 2.13 bits per heavy atom. The number of piperazine rings is 1. The summed E-state index contributed by atoms with van der Waals surface area (Å²) >= 11 is 1.87. The highest BCUT2D eigenvalue weighted by Gasteiger charge is 2.20. The van der Waals surface area contributed by atoms with Crippen molar-refractivity contribution in [1.29, 1.82) is 0 Å². The number of hydrogen-bond acceptors (Lipinski definition) is 5. The average molecular weight is 453 g/mol. The summed E-state index contributed by atoms with van der Waals surface area (Å²) in [5.41, 5.74) is 1.02. The van der Waals surface area contributed by atoms with E-state index in [1.54, 1.807) is 0 Å². The number of thioether (sulfide) groups is 1. The second-order valence-corrected chi connectivity index (χ2v) is 6.94. The van der Waals surface area contributed by atoms with Crippen LogP contribution in [0.4, 0.5) is 0 Å². The normalized spacial score (nSPS) is 17.7. The first-order chi connectivity index (χ1) is 10.6. The highest BCUT2D eigenvalue weighted by molar-refractivity contribution is 14.0. The number of guanidine groups is 1. The van der Waals surface area contributed by atoms with Crippen molar-refractivity contribution in [3.63, 3.8) is 0 Å². The van der Waals surface area contributed by atoms with E-state index in [-0.39, 0.29) is 24.0 Å². The first-order valence-electron chi connectivity index (χ1n) is 7.75. The summed E-state index contributed by atoms with van der Waals surface area (Å²) in [6.07, 6.45) is 2.14. The molecule has 1 unspecified atom stereocenters. The van der Waals surface area contributed by atoms with Gasteiger partial charge in [0, 0.05) is 57.6 Å². The quantitative estimate of drug-likeness (QED) is 0.419. The summed E-state index contributed by atoms with van der Waals surface area (Å²) < 4.78 is 5.13. The largest absolute Gasteiger partial charge is 0.361 e. The second kappa shape index (κ2) is 10.4. The molecule has 1 saturated heterocycles. The average Bonchev–Trinajstić information content (AvgIpc) is 2.94. The molecule has 2 rings (SSSR count). The molecule has 1 fully saturated rings. The summed E-state index contributed by atoms with van der Waals surface area (Å²) in [6.45, 7) is 9.99. The Morgan fingerprint density at radius 3 is 2.65 bits per heavy atom. The molecule has 8 heteroatoms. The molecule has 1 aliphatic rings. The Balaban J connectivity index is 0.00000264. The second-order valence-electron chi connectivity index (χ2n) is 5.67. The van der Waals surface area contributed by atoms with E-state index in [0.29, 0.717) is 5.25 Å². The molecule has 1 aromatic rings. The van der Waals surface area contributed by atoms with E-state index in [9.17, 15) is 0 Å². The highest BCUT2D eigenvalue weighted by atomic mass is 127. The molecule has 132 valence electrons. The molecule has 23 heavy (non-hydrogen) atoms. The van der Waals surface area contributed by atoms with Gasteiger partial charge in [-0.25, -0.2) is 0 Å². The molecule has 1 N–H and O–H groups in total. The monoisotopic (exact) mass is 453 g/mol. The van der Waals surface area contributed by atoms with E-state index in [0.717, 1.165) is 56.7 Å². The van der Waals surface area contributed by atoms with Crippen LogP contribution in [0.15, 0.2) is 15.6 Å². The maximum atomic E-state index is 5.13. The van der Waals surface area contributed by atoms with E-state index in [4.69, 9.17) is 4.52 Å². The van der Waals surface area contributed by atoms with Crippen molar-refractivity contribution in [3.8, 4) is 0 Å². The molecule has 0 radical (unpaired) electrons. The highest BCUT2D eigenvalue weighted by Crippen LogP contribution is 2.09. The van der Waals surface area contributed by atoms with Crippen molar-refractivity contribution in [3.05, 3.63) is 17.5 Å². The Kier molecular flexibility index (Phi) is 9.30. The topological polar surface area (TPSA) is 56.9 Å². The molecule has 0 aliphatic carbocycles. The fourth-order valence-corrected chi connectivity index (χ4v) is 2.74. The van der Waals surface area contributed by atoms with E-state index in [1.807, 2.05) is 31.8 Å². The van der Waals surface area contributed by atoms with Gasteiger partial charge in [0.2, 0.25) is 0 Å². The number of nitrogens with one attached hydrogen (secondary N) is 1. The van der Waals surface area contributed by atoms with Gasteiger partial charge >= 0.3 is 0 Å². The smallest absolute Gasteiger partial charge is 0.193 e. The van der Waals surface area contributed by atoms with Crippen LogP contribution < -0.4 is 5.32 Å². The van der Waals surface area contributed by atoms with Gasteiger partial charge in [0.25, 0.3) is 0 Å². The fourth-order valence-electron chi connectivity index (χ4n) is 2.49. The fraction of sp³-hybridized carbons (Fsp3) is 0.733. The molecular formula is C15H28IN5OS. The van der Waals surface area contributed by atoms with Gasteiger partial charge < -0.3 is 14.7 Å². The number of aryl methyl sites for hydroxylation is 1. The molecule has 1 atom stereocenters. The Hall–Kier alpha value is -0.480. The Bertz CT molecular complexity index is 488. The molecule has 0 bridgehead atoms. The number of halogens is 1. The van der Waals surface area contributed by atoms with Crippen LogP contribution in [0.25, 0.3) is 0 Å². The lowest BCUT2D eigenvalue weighted by molar-refractivity contribution is 0.169. The van der Waals surface area contributed by atoms with E-state index in [2.05, 4.69) is 38.4 Å². The van der Waals surface area contributed by atoms with Crippen molar-refractivity contribution in [2.45, 2.75) is 25.6 Å². The summed E-state index contributed by atoms with van der Waals surface area (Å²) in [5, 5.41) is 8.13. The minimum atomic E-state index is 0. The molecule has 1 aliphatic heterocycles. The third-order valence-corrected chi connectivity index (χ3v) is 4.87. The Morgan fingerprint density at radius 1 is 1.43 bits per heavy atom. The molecule has 1 aromatic heterocycles. The van der Waals surface area contributed by atoms with Crippen LogP contribution in [0.2, 0.25) is 0 Å². The molecule has 0 aromatic carbocycles. The van der Waals surface area contributed by atoms with Gasteiger partial charge in [0.1, 0.15) is 5.76 Å². The van der Waals surface area contributed by atoms with Crippen molar-refractivity contribution >= 4 is 41.7 Å². The van der Waals surface area contributed by atoms with E-state index < -0.39 is 0 Å². The summed E-state index contributed by atoms with van der Waals surface area (Å²) in [6, 6.07) is 2.01. The lowest BCUT2D eigenvalue weighted by Crippen LogP contribution is -2.52. The van der Waals surface area contributed by atoms with Gasteiger partial charge in [-0.15, -0.1) is 24.0 Å². The van der Waals surface area contributed by atoms with Crippen LogP contribution in [-0.2, 0) is 6.54 Å². The lowest BCUT2D eigenvalue weighted by Gasteiger charge is -2.36.